The minimum Gasteiger partial charge on any atom is -0.257 e. The second kappa shape index (κ2) is 3.31. The number of halogens is 2. The monoisotopic (exact) mass is 258 g/mol. The maximum atomic E-state index is 6.00. The summed E-state index contributed by atoms with van der Waals surface area (Å²) in [5.41, 5.74) is 0.859. The van der Waals surface area contributed by atoms with E-state index in [1.54, 1.807) is 0 Å². The van der Waals surface area contributed by atoms with Gasteiger partial charge in [0.05, 0.1) is 5.02 Å². The van der Waals surface area contributed by atoms with Gasteiger partial charge in [-0.25, -0.2) is 0 Å². The largest absolute Gasteiger partial charge is 0.257 e. The van der Waals surface area contributed by atoms with Crippen LogP contribution in [0, 0.1) is 0 Å². The molecule has 13 heavy (non-hydrogen) atoms. The molecule has 1 heterocycles. The lowest BCUT2D eigenvalue weighted by molar-refractivity contribution is 0.653. The average Bonchev–Trinajstić information content (AvgIpc) is 2.45. The summed E-state index contributed by atoms with van der Waals surface area (Å²) in [5.74, 6) is 0. The number of nitrogens with zero attached hydrogens (tertiary/aromatic N) is 2. The van der Waals surface area contributed by atoms with Crippen molar-refractivity contribution >= 4 is 38.4 Å². The van der Waals surface area contributed by atoms with Gasteiger partial charge >= 0.3 is 0 Å². The Morgan fingerprint density at radius 2 is 2.31 bits per heavy atom. The lowest BCUT2D eigenvalue weighted by Gasteiger charge is -1.94. The number of fused-ring (bicyclic) bond motifs is 1. The Kier molecular flexibility index (Phi) is 2.30. The summed E-state index contributed by atoms with van der Waals surface area (Å²) in [5, 5.41) is 6.13. The minimum absolute atomic E-state index is 0.699. The molecule has 68 valence electrons. The van der Waals surface area contributed by atoms with E-state index in [0.29, 0.717) is 5.02 Å². The molecule has 0 amide bonds. The van der Waals surface area contributed by atoms with Gasteiger partial charge in [-0.3, -0.25) is 4.68 Å². The van der Waals surface area contributed by atoms with Crippen molar-refractivity contribution in [3.63, 3.8) is 0 Å². The zero-order valence-electron chi connectivity index (χ0n) is 7.09. The molecule has 1 aromatic carbocycles. The molecule has 2 rings (SSSR count). The van der Waals surface area contributed by atoms with Crippen molar-refractivity contribution in [2.75, 3.05) is 0 Å². The zero-order valence-corrected chi connectivity index (χ0v) is 9.43. The lowest BCUT2D eigenvalue weighted by Crippen LogP contribution is -1.95. The molecular formula is C9H8BrClN2. The van der Waals surface area contributed by atoms with E-state index in [0.717, 1.165) is 22.1 Å². The van der Waals surface area contributed by atoms with Gasteiger partial charge in [0.15, 0.2) is 0 Å². The molecule has 0 fully saturated rings. The Bertz CT molecular complexity index is 450. The Labute approximate surface area is 89.6 Å². The summed E-state index contributed by atoms with van der Waals surface area (Å²) < 4.78 is 2.88. The van der Waals surface area contributed by atoms with Crippen molar-refractivity contribution in [1.82, 2.24) is 9.78 Å². The number of rotatable bonds is 1. The standard InChI is InChI=1S/C9H8BrClN2/c1-2-13-9(10)6-4-3-5-7(11)8(6)12-13/h3-5H,2H2,1H3. The van der Waals surface area contributed by atoms with E-state index in [1.165, 1.54) is 0 Å². The van der Waals surface area contributed by atoms with Gasteiger partial charge in [0.25, 0.3) is 0 Å². The summed E-state index contributed by atoms with van der Waals surface area (Å²) in [7, 11) is 0. The lowest BCUT2D eigenvalue weighted by atomic mass is 10.3. The predicted octanol–water partition coefficient (Wildman–Crippen LogP) is 3.47. The predicted molar refractivity (Wildman–Crippen MR) is 58.1 cm³/mol. The first-order valence-corrected chi connectivity index (χ1v) is 5.21. The third-order valence-electron chi connectivity index (χ3n) is 1.96. The van der Waals surface area contributed by atoms with E-state index >= 15 is 0 Å². The summed E-state index contributed by atoms with van der Waals surface area (Å²) in [6, 6.07) is 5.78. The van der Waals surface area contributed by atoms with Crippen LogP contribution in [0.25, 0.3) is 10.9 Å². The normalized spacial score (nSPS) is 11.0. The van der Waals surface area contributed by atoms with Crippen LogP contribution in [-0.2, 0) is 6.54 Å². The quantitative estimate of drug-likeness (QED) is 0.767. The summed E-state index contributed by atoms with van der Waals surface area (Å²) in [4.78, 5) is 0. The van der Waals surface area contributed by atoms with E-state index in [9.17, 15) is 0 Å². The van der Waals surface area contributed by atoms with Crippen LogP contribution in [0.3, 0.4) is 0 Å². The fourth-order valence-electron chi connectivity index (χ4n) is 1.30. The van der Waals surface area contributed by atoms with Gasteiger partial charge in [0.2, 0.25) is 0 Å². The molecule has 2 aromatic rings. The number of aromatic nitrogens is 2. The number of aryl methyl sites for hydroxylation is 1. The maximum absolute atomic E-state index is 6.00. The summed E-state index contributed by atoms with van der Waals surface area (Å²) >= 11 is 9.49. The third-order valence-corrected chi connectivity index (χ3v) is 3.10. The SMILES string of the molecule is CCn1nc2c(Cl)cccc2c1Br. The Balaban J connectivity index is 2.83. The fourth-order valence-corrected chi connectivity index (χ4v) is 2.16. The Morgan fingerprint density at radius 1 is 1.54 bits per heavy atom. The minimum atomic E-state index is 0.699. The van der Waals surface area contributed by atoms with Gasteiger partial charge in [0.1, 0.15) is 10.1 Å². The topological polar surface area (TPSA) is 17.8 Å². The van der Waals surface area contributed by atoms with E-state index in [1.807, 2.05) is 29.8 Å². The van der Waals surface area contributed by atoms with Crippen LogP contribution in [0.2, 0.25) is 5.02 Å². The van der Waals surface area contributed by atoms with Crippen LogP contribution < -0.4 is 0 Å². The van der Waals surface area contributed by atoms with Crippen LogP contribution in [0.1, 0.15) is 6.92 Å². The molecule has 0 aliphatic heterocycles. The van der Waals surface area contributed by atoms with Crippen LogP contribution in [0.15, 0.2) is 22.8 Å². The smallest absolute Gasteiger partial charge is 0.112 e. The summed E-state index contributed by atoms with van der Waals surface area (Å²) in [6.07, 6.45) is 0. The third kappa shape index (κ3) is 1.36. The van der Waals surface area contributed by atoms with Crippen molar-refractivity contribution in [2.24, 2.45) is 0 Å². The average molecular weight is 260 g/mol. The molecule has 0 atom stereocenters. The number of hydrogen-bond donors (Lipinski definition) is 0. The van der Waals surface area contributed by atoms with E-state index in [2.05, 4.69) is 21.0 Å². The molecule has 0 unspecified atom stereocenters. The molecule has 0 bridgehead atoms. The van der Waals surface area contributed by atoms with Crippen LogP contribution in [0.5, 0.6) is 0 Å². The van der Waals surface area contributed by atoms with Gasteiger partial charge in [0, 0.05) is 11.9 Å². The molecule has 0 aliphatic carbocycles. The first kappa shape index (κ1) is 9.03. The molecule has 0 saturated carbocycles. The first-order chi connectivity index (χ1) is 6.24. The number of hydrogen-bond acceptors (Lipinski definition) is 1. The Morgan fingerprint density at radius 3 is 2.92 bits per heavy atom. The van der Waals surface area contributed by atoms with Crippen molar-refractivity contribution in [2.45, 2.75) is 13.5 Å². The summed E-state index contributed by atoms with van der Waals surface area (Å²) in [6.45, 7) is 2.89. The number of benzene rings is 1. The van der Waals surface area contributed by atoms with Gasteiger partial charge in [-0.1, -0.05) is 17.7 Å². The molecular weight excluding hydrogens is 251 g/mol. The zero-order chi connectivity index (χ0) is 9.42. The molecule has 0 spiro atoms. The van der Waals surface area contributed by atoms with Crippen molar-refractivity contribution < 1.29 is 0 Å². The molecule has 0 radical (unpaired) electrons. The maximum Gasteiger partial charge on any atom is 0.112 e. The van der Waals surface area contributed by atoms with Crippen LogP contribution in [-0.4, -0.2) is 9.78 Å². The van der Waals surface area contributed by atoms with E-state index in [-0.39, 0.29) is 0 Å². The second-order valence-corrected chi connectivity index (χ2v) is 3.90. The van der Waals surface area contributed by atoms with Crippen LogP contribution in [0.4, 0.5) is 0 Å². The highest BCUT2D eigenvalue weighted by molar-refractivity contribution is 9.10. The molecule has 1 aromatic heterocycles. The molecule has 0 aliphatic rings. The van der Waals surface area contributed by atoms with Crippen LogP contribution >= 0.6 is 27.5 Å². The molecule has 4 heteroatoms. The van der Waals surface area contributed by atoms with Gasteiger partial charge < -0.3 is 0 Å². The molecule has 0 saturated heterocycles. The fraction of sp³-hybridized carbons (Fsp3) is 0.222. The second-order valence-electron chi connectivity index (χ2n) is 2.74. The van der Waals surface area contributed by atoms with E-state index in [4.69, 9.17) is 11.6 Å². The van der Waals surface area contributed by atoms with Gasteiger partial charge in [-0.2, -0.15) is 5.10 Å². The van der Waals surface area contributed by atoms with Gasteiger partial charge in [-0.05, 0) is 35.0 Å². The van der Waals surface area contributed by atoms with E-state index < -0.39 is 0 Å². The first-order valence-electron chi connectivity index (χ1n) is 4.04. The van der Waals surface area contributed by atoms with Gasteiger partial charge in [-0.15, -0.1) is 0 Å². The highest BCUT2D eigenvalue weighted by atomic mass is 79.9. The van der Waals surface area contributed by atoms with Crippen molar-refractivity contribution in [3.8, 4) is 0 Å². The van der Waals surface area contributed by atoms with Crippen molar-refractivity contribution in [3.05, 3.63) is 27.8 Å². The highest BCUT2D eigenvalue weighted by Crippen LogP contribution is 2.28. The molecule has 0 N–H and O–H groups in total. The Hall–Kier alpha value is -0.540. The molecule has 2 nitrogen and oxygen atoms in total. The van der Waals surface area contributed by atoms with Crippen molar-refractivity contribution in [1.29, 1.82) is 0 Å². The highest BCUT2D eigenvalue weighted by Gasteiger charge is 2.08.